The van der Waals surface area contributed by atoms with Gasteiger partial charge in [0, 0.05) is 5.56 Å². The van der Waals surface area contributed by atoms with Crippen molar-refractivity contribution in [3.05, 3.63) is 83.4 Å². The van der Waals surface area contributed by atoms with Crippen molar-refractivity contribution in [2.75, 3.05) is 12.4 Å². The number of hydrogen-bond acceptors (Lipinski definition) is 3. The van der Waals surface area contributed by atoms with E-state index < -0.39 is 0 Å². The molecule has 25 heavy (non-hydrogen) atoms. The summed E-state index contributed by atoms with van der Waals surface area (Å²) in [6.07, 6.45) is 0. The van der Waals surface area contributed by atoms with Crippen LogP contribution in [0.4, 0.5) is 5.69 Å². The van der Waals surface area contributed by atoms with Gasteiger partial charge in [0.2, 0.25) is 0 Å². The van der Waals surface area contributed by atoms with Gasteiger partial charge in [-0.05, 0) is 42.5 Å². The van der Waals surface area contributed by atoms with E-state index in [9.17, 15) is 4.79 Å². The predicted octanol–water partition coefficient (Wildman–Crippen LogP) is 5.39. The first-order chi connectivity index (χ1) is 12.2. The molecule has 126 valence electrons. The Morgan fingerprint density at radius 2 is 1.64 bits per heavy atom. The van der Waals surface area contributed by atoms with Crippen molar-refractivity contribution in [1.82, 2.24) is 0 Å². The zero-order chi connectivity index (χ0) is 17.6. The smallest absolute Gasteiger partial charge is 0.255 e. The number of carbonyl (C=O) groups excluding carboxylic acids is 1. The summed E-state index contributed by atoms with van der Waals surface area (Å²) in [5.41, 5.74) is 1.04. The minimum absolute atomic E-state index is 0.255. The molecule has 1 amide bonds. The van der Waals surface area contributed by atoms with Crippen LogP contribution in [0.25, 0.3) is 0 Å². The molecule has 0 radical (unpaired) electrons. The lowest BCUT2D eigenvalue weighted by Crippen LogP contribution is -2.12. The summed E-state index contributed by atoms with van der Waals surface area (Å²) >= 11 is 6.14. The number of para-hydroxylation sites is 3. The van der Waals surface area contributed by atoms with Crippen molar-refractivity contribution >= 4 is 23.2 Å². The van der Waals surface area contributed by atoms with Crippen LogP contribution in [0.2, 0.25) is 5.02 Å². The highest BCUT2D eigenvalue weighted by Gasteiger charge is 2.12. The molecule has 0 spiro atoms. The number of methoxy groups -OCH3 is 1. The minimum Gasteiger partial charge on any atom is -0.497 e. The molecule has 0 saturated heterocycles. The van der Waals surface area contributed by atoms with E-state index in [-0.39, 0.29) is 5.91 Å². The molecule has 0 aliphatic heterocycles. The Kier molecular flexibility index (Phi) is 5.21. The Bertz CT molecular complexity index is 895. The fraction of sp³-hybridized carbons (Fsp3) is 0.0500. The highest BCUT2D eigenvalue weighted by Crippen LogP contribution is 2.33. The topological polar surface area (TPSA) is 47.6 Å². The van der Waals surface area contributed by atoms with Crippen molar-refractivity contribution in [3.8, 4) is 17.2 Å². The van der Waals surface area contributed by atoms with Crippen LogP contribution in [0.15, 0.2) is 72.8 Å². The summed E-state index contributed by atoms with van der Waals surface area (Å²) in [4.78, 5) is 12.5. The first-order valence-electron chi connectivity index (χ1n) is 7.64. The zero-order valence-electron chi connectivity index (χ0n) is 13.5. The number of nitrogens with one attached hydrogen (secondary N) is 1. The Morgan fingerprint density at radius 3 is 2.40 bits per heavy atom. The van der Waals surface area contributed by atoms with Gasteiger partial charge in [-0.25, -0.2) is 0 Å². The van der Waals surface area contributed by atoms with Gasteiger partial charge in [-0.1, -0.05) is 41.9 Å². The third-order valence-electron chi connectivity index (χ3n) is 3.52. The van der Waals surface area contributed by atoms with Crippen LogP contribution in [0.1, 0.15) is 10.4 Å². The molecule has 0 heterocycles. The van der Waals surface area contributed by atoms with Crippen molar-refractivity contribution in [3.63, 3.8) is 0 Å². The van der Waals surface area contributed by atoms with E-state index in [1.807, 2.05) is 24.3 Å². The second kappa shape index (κ2) is 7.73. The van der Waals surface area contributed by atoms with E-state index in [0.717, 1.165) is 0 Å². The van der Waals surface area contributed by atoms with E-state index in [1.165, 1.54) is 0 Å². The minimum atomic E-state index is -0.255. The second-order valence-electron chi connectivity index (χ2n) is 5.21. The Labute approximate surface area is 151 Å². The Hall–Kier alpha value is -2.98. The average Bonchev–Trinajstić information content (AvgIpc) is 2.65. The number of ether oxygens (including phenoxy) is 2. The molecule has 0 unspecified atom stereocenters. The lowest BCUT2D eigenvalue weighted by molar-refractivity contribution is 0.102. The van der Waals surface area contributed by atoms with Crippen LogP contribution in [0.3, 0.4) is 0 Å². The van der Waals surface area contributed by atoms with Crippen LogP contribution < -0.4 is 14.8 Å². The van der Waals surface area contributed by atoms with E-state index in [4.69, 9.17) is 21.1 Å². The summed E-state index contributed by atoms with van der Waals surface area (Å²) < 4.78 is 11.0. The molecule has 0 atom stereocenters. The number of amides is 1. The number of hydrogen-bond donors (Lipinski definition) is 1. The molecule has 0 saturated carbocycles. The highest BCUT2D eigenvalue weighted by molar-refractivity contribution is 6.32. The van der Waals surface area contributed by atoms with Crippen LogP contribution >= 0.6 is 11.6 Å². The maximum Gasteiger partial charge on any atom is 0.255 e. The van der Waals surface area contributed by atoms with E-state index >= 15 is 0 Å². The van der Waals surface area contributed by atoms with Gasteiger partial charge in [-0.15, -0.1) is 0 Å². The fourth-order valence-electron chi connectivity index (χ4n) is 2.26. The molecule has 4 nitrogen and oxygen atoms in total. The lowest BCUT2D eigenvalue weighted by atomic mass is 10.2. The van der Waals surface area contributed by atoms with E-state index in [2.05, 4.69) is 5.32 Å². The molecule has 0 fully saturated rings. The van der Waals surface area contributed by atoms with Crippen molar-refractivity contribution in [2.24, 2.45) is 0 Å². The van der Waals surface area contributed by atoms with Crippen molar-refractivity contribution < 1.29 is 14.3 Å². The number of anilines is 1. The van der Waals surface area contributed by atoms with Gasteiger partial charge < -0.3 is 14.8 Å². The SMILES string of the molecule is COc1cccc(C(=O)Nc2ccccc2Oc2ccccc2Cl)c1. The van der Waals surface area contributed by atoms with E-state index in [1.54, 1.807) is 55.6 Å². The van der Waals surface area contributed by atoms with Crippen molar-refractivity contribution in [2.45, 2.75) is 0 Å². The van der Waals surface area contributed by atoms with Gasteiger partial charge in [-0.3, -0.25) is 4.79 Å². The standard InChI is InChI=1S/C20H16ClNO3/c1-24-15-8-6-7-14(13-15)20(23)22-17-10-3-5-12-19(17)25-18-11-4-2-9-16(18)21/h2-13H,1H3,(H,22,23). The summed E-state index contributed by atoms with van der Waals surface area (Å²) in [5.74, 6) is 1.39. The Morgan fingerprint density at radius 1 is 0.920 bits per heavy atom. The summed E-state index contributed by atoms with van der Waals surface area (Å²) in [6.45, 7) is 0. The number of carbonyl (C=O) groups is 1. The lowest BCUT2D eigenvalue weighted by Gasteiger charge is -2.13. The molecule has 5 heteroatoms. The molecule has 0 bridgehead atoms. The van der Waals surface area contributed by atoms with Gasteiger partial charge in [0.25, 0.3) is 5.91 Å². The third-order valence-corrected chi connectivity index (χ3v) is 3.84. The maximum atomic E-state index is 12.5. The quantitative estimate of drug-likeness (QED) is 0.668. The molecular weight excluding hydrogens is 338 g/mol. The summed E-state index contributed by atoms with van der Waals surface area (Å²) in [6, 6.07) is 21.3. The molecule has 1 N–H and O–H groups in total. The van der Waals surface area contributed by atoms with Gasteiger partial charge >= 0.3 is 0 Å². The fourth-order valence-corrected chi connectivity index (χ4v) is 2.44. The van der Waals surface area contributed by atoms with Gasteiger partial charge in [0.05, 0.1) is 17.8 Å². The molecule has 0 aliphatic carbocycles. The Balaban J connectivity index is 1.83. The van der Waals surface area contributed by atoms with Gasteiger partial charge in [-0.2, -0.15) is 0 Å². The zero-order valence-corrected chi connectivity index (χ0v) is 14.3. The first kappa shape index (κ1) is 16.9. The van der Waals surface area contributed by atoms with Crippen LogP contribution in [-0.2, 0) is 0 Å². The normalized spacial score (nSPS) is 10.2. The van der Waals surface area contributed by atoms with Gasteiger partial charge in [0.15, 0.2) is 5.75 Å². The number of rotatable bonds is 5. The molecule has 0 aliphatic rings. The van der Waals surface area contributed by atoms with Gasteiger partial charge in [0.1, 0.15) is 11.5 Å². The monoisotopic (exact) mass is 353 g/mol. The van der Waals surface area contributed by atoms with Crippen LogP contribution in [-0.4, -0.2) is 13.0 Å². The summed E-state index contributed by atoms with van der Waals surface area (Å²) in [5, 5.41) is 3.35. The van der Waals surface area contributed by atoms with Crippen LogP contribution in [0.5, 0.6) is 17.2 Å². The molecule has 3 rings (SSSR count). The molecule has 3 aromatic carbocycles. The molecule has 0 aromatic heterocycles. The largest absolute Gasteiger partial charge is 0.497 e. The van der Waals surface area contributed by atoms with Crippen molar-refractivity contribution in [1.29, 1.82) is 0 Å². The maximum absolute atomic E-state index is 12.5. The average molecular weight is 354 g/mol. The summed E-state index contributed by atoms with van der Waals surface area (Å²) in [7, 11) is 1.56. The first-order valence-corrected chi connectivity index (χ1v) is 8.02. The predicted molar refractivity (Wildman–Crippen MR) is 98.9 cm³/mol. The number of benzene rings is 3. The molecule has 3 aromatic rings. The third kappa shape index (κ3) is 4.11. The van der Waals surface area contributed by atoms with E-state index in [0.29, 0.717) is 33.5 Å². The molecular formula is C20H16ClNO3. The second-order valence-corrected chi connectivity index (χ2v) is 5.62. The number of halogens is 1. The highest BCUT2D eigenvalue weighted by atomic mass is 35.5. The van der Waals surface area contributed by atoms with Crippen LogP contribution in [0, 0.1) is 0 Å².